The van der Waals surface area contributed by atoms with Gasteiger partial charge in [-0.15, -0.1) is 0 Å². The summed E-state index contributed by atoms with van der Waals surface area (Å²) < 4.78 is 1.36. The summed E-state index contributed by atoms with van der Waals surface area (Å²) >= 11 is 0. The Kier molecular flexibility index (Phi) is 4.65. The molecule has 6 heteroatoms. The van der Waals surface area contributed by atoms with E-state index in [9.17, 15) is 9.59 Å². The van der Waals surface area contributed by atoms with Gasteiger partial charge in [-0.25, -0.2) is 4.79 Å². The zero-order valence-corrected chi connectivity index (χ0v) is 13.8. The summed E-state index contributed by atoms with van der Waals surface area (Å²) in [5, 5.41) is 3.25. The Bertz CT molecular complexity index is 775. The highest BCUT2D eigenvalue weighted by atomic mass is 16.1. The van der Waals surface area contributed by atoms with E-state index < -0.39 is 5.69 Å². The van der Waals surface area contributed by atoms with Crippen molar-refractivity contribution in [2.24, 2.45) is 0 Å². The number of ketones is 1. The predicted octanol–water partition coefficient (Wildman–Crippen LogP) is 1.77. The molecular weight excluding hydrogens is 292 g/mol. The SMILES string of the molecule is CC(NC(C)(C)C)C(=O)c1cccc(-n2ccc(N)nc2=O)c1. The number of nitrogens with one attached hydrogen (secondary N) is 1. The molecule has 3 N–H and O–H groups in total. The van der Waals surface area contributed by atoms with Crippen molar-refractivity contribution in [1.29, 1.82) is 0 Å². The van der Waals surface area contributed by atoms with E-state index in [2.05, 4.69) is 10.3 Å². The van der Waals surface area contributed by atoms with E-state index in [0.29, 0.717) is 11.3 Å². The molecule has 0 radical (unpaired) electrons. The largest absolute Gasteiger partial charge is 0.383 e. The summed E-state index contributed by atoms with van der Waals surface area (Å²) in [5.74, 6) is 0.139. The summed E-state index contributed by atoms with van der Waals surface area (Å²) in [7, 11) is 0. The average molecular weight is 314 g/mol. The van der Waals surface area contributed by atoms with Crippen LogP contribution in [0.3, 0.4) is 0 Å². The van der Waals surface area contributed by atoms with Crippen LogP contribution in [-0.4, -0.2) is 26.9 Å². The maximum Gasteiger partial charge on any atom is 0.354 e. The van der Waals surface area contributed by atoms with Gasteiger partial charge in [-0.2, -0.15) is 4.98 Å². The molecule has 23 heavy (non-hydrogen) atoms. The number of Topliss-reactive ketones (excluding diaryl/α,β-unsaturated/α-hetero) is 1. The third-order valence-corrected chi connectivity index (χ3v) is 3.28. The van der Waals surface area contributed by atoms with E-state index in [-0.39, 0.29) is 23.2 Å². The lowest BCUT2D eigenvalue weighted by Gasteiger charge is -2.25. The van der Waals surface area contributed by atoms with Gasteiger partial charge >= 0.3 is 5.69 Å². The number of anilines is 1. The molecule has 2 aromatic rings. The molecule has 1 unspecified atom stereocenters. The lowest BCUT2D eigenvalue weighted by molar-refractivity contribution is 0.0935. The predicted molar refractivity (Wildman–Crippen MR) is 90.9 cm³/mol. The van der Waals surface area contributed by atoms with E-state index in [1.165, 1.54) is 4.57 Å². The number of aromatic nitrogens is 2. The van der Waals surface area contributed by atoms with E-state index >= 15 is 0 Å². The number of nitrogens with two attached hydrogens (primary N) is 1. The topological polar surface area (TPSA) is 90.0 Å². The van der Waals surface area contributed by atoms with Gasteiger partial charge in [-0.3, -0.25) is 9.36 Å². The Hall–Kier alpha value is -2.47. The van der Waals surface area contributed by atoms with Crippen molar-refractivity contribution < 1.29 is 4.79 Å². The molecule has 0 aliphatic rings. The van der Waals surface area contributed by atoms with E-state index in [0.717, 1.165) is 0 Å². The monoisotopic (exact) mass is 314 g/mol. The second kappa shape index (κ2) is 6.34. The van der Waals surface area contributed by atoms with Gasteiger partial charge in [0.05, 0.1) is 11.7 Å². The average Bonchev–Trinajstić information content (AvgIpc) is 2.44. The summed E-state index contributed by atoms with van der Waals surface area (Å²) in [6, 6.07) is 8.13. The Labute approximate surface area is 135 Å². The van der Waals surface area contributed by atoms with Crippen LogP contribution in [0.5, 0.6) is 0 Å². The van der Waals surface area contributed by atoms with Gasteiger partial charge in [0.25, 0.3) is 0 Å². The summed E-state index contributed by atoms with van der Waals surface area (Å²) in [5.41, 5.74) is 5.97. The maximum absolute atomic E-state index is 12.6. The van der Waals surface area contributed by atoms with Crippen LogP contribution in [-0.2, 0) is 0 Å². The zero-order chi connectivity index (χ0) is 17.2. The Morgan fingerprint density at radius 2 is 2.00 bits per heavy atom. The van der Waals surface area contributed by atoms with Gasteiger partial charge in [0.1, 0.15) is 5.82 Å². The van der Waals surface area contributed by atoms with Crippen LogP contribution in [0.25, 0.3) is 5.69 Å². The van der Waals surface area contributed by atoms with Crippen molar-refractivity contribution >= 4 is 11.6 Å². The third kappa shape index (κ3) is 4.26. The molecule has 2 rings (SSSR count). The Balaban J connectivity index is 2.33. The summed E-state index contributed by atoms with van der Waals surface area (Å²) in [6.07, 6.45) is 1.55. The number of hydrogen-bond donors (Lipinski definition) is 2. The first-order valence-electron chi connectivity index (χ1n) is 7.45. The Morgan fingerprint density at radius 3 is 2.61 bits per heavy atom. The molecule has 0 saturated heterocycles. The van der Waals surface area contributed by atoms with Crippen molar-refractivity contribution in [2.45, 2.75) is 39.3 Å². The standard InChI is InChI=1S/C17H22N4O2/c1-11(20-17(2,3)4)15(22)12-6-5-7-13(10-12)21-9-8-14(18)19-16(21)23/h5-11,20H,1-4H3,(H2,18,19,23). The number of nitrogen functional groups attached to an aromatic ring is 1. The molecule has 6 nitrogen and oxygen atoms in total. The molecule has 0 saturated carbocycles. The van der Waals surface area contributed by atoms with Crippen LogP contribution in [0.15, 0.2) is 41.3 Å². The molecule has 0 aliphatic carbocycles. The zero-order valence-electron chi connectivity index (χ0n) is 13.8. The minimum atomic E-state index is -0.476. The normalized spacial score (nSPS) is 12.9. The van der Waals surface area contributed by atoms with Gasteiger partial charge < -0.3 is 11.1 Å². The van der Waals surface area contributed by atoms with Crippen LogP contribution in [0.1, 0.15) is 38.1 Å². The molecule has 1 atom stereocenters. The van der Waals surface area contributed by atoms with E-state index in [4.69, 9.17) is 5.73 Å². The molecule has 0 bridgehead atoms. The summed E-state index contributed by atoms with van der Waals surface area (Å²) in [4.78, 5) is 28.2. The molecule has 122 valence electrons. The van der Waals surface area contributed by atoms with E-state index in [1.807, 2.05) is 27.7 Å². The van der Waals surface area contributed by atoms with Crippen molar-refractivity contribution in [1.82, 2.24) is 14.9 Å². The minimum Gasteiger partial charge on any atom is -0.383 e. The first kappa shape index (κ1) is 16.9. The second-order valence-corrected chi connectivity index (χ2v) is 6.54. The first-order chi connectivity index (χ1) is 10.7. The number of nitrogens with zero attached hydrogens (tertiary/aromatic N) is 2. The minimum absolute atomic E-state index is 0.0294. The lowest BCUT2D eigenvalue weighted by atomic mass is 10.0. The van der Waals surface area contributed by atoms with Crippen molar-refractivity contribution in [3.63, 3.8) is 0 Å². The van der Waals surface area contributed by atoms with Crippen molar-refractivity contribution in [2.75, 3.05) is 5.73 Å². The van der Waals surface area contributed by atoms with Crippen molar-refractivity contribution in [3.05, 3.63) is 52.6 Å². The van der Waals surface area contributed by atoms with Gasteiger partial charge in [0.15, 0.2) is 5.78 Å². The lowest BCUT2D eigenvalue weighted by Crippen LogP contribution is -2.46. The molecule has 0 fully saturated rings. The van der Waals surface area contributed by atoms with Gasteiger partial charge in [0.2, 0.25) is 0 Å². The number of benzene rings is 1. The van der Waals surface area contributed by atoms with Crippen LogP contribution >= 0.6 is 0 Å². The fraction of sp³-hybridized carbons (Fsp3) is 0.353. The number of carbonyl (C=O) groups is 1. The van der Waals surface area contributed by atoms with Crippen LogP contribution in [0.4, 0.5) is 5.82 Å². The van der Waals surface area contributed by atoms with Crippen molar-refractivity contribution in [3.8, 4) is 5.69 Å². The van der Waals surface area contributed by atoms with Gasteiger partial charge in [-0.1, -0.05) is 12.1 Å². The van der Waals surface area contributed by atoms with Gasteiger partial charge in [-0.05, 0) is 45.9 Å². The number of hydrogen-bond acceptors (Lipinski definition) is 5. The molecule has 1 heterocycles. The molecule has 0 amide bonds. The van der Waals surface area contributed by atoms with E-state index in [1.54, 1.807) is 36.5 Å². The highest BCUT2D eigenvalue weighted by molar-refractivity contribution is 6.00. The Morgan fingerprint density at radius 1 is 1.30 bits per heavy atom. The quantitative estimate of drug-likeness (QED) is 0.840. The number of rotatable bonds is 4. The summed E-state index contributed by atoms with van der Waals surface area (Å²) in [6.45, 7) is 7.85. The highest BCUT2D eigenvalue weighted by Crippen LogP contribution is 2.12. The fourth-order valence-corrected chi connectivity index (χ4v) is 2.39. The maximum atomic E-state index is 12.6. The number of carbonyl (C=O) groups excluding carboxylic acids is 1. The molecule has 1 aromatic carbocycles. The second-order valence-electron chi connectivity index (χ2n) is 6.54. The van der Waals surface area contributed by atoms with Crippen LogP contribution in [0.2, 0.25) is 0 Å². The first-order valence-corrected chi connectivity index (χ1v) is 7.45. The smallest absolute Gasteiger partial charge is 0.354 e. The third-order valence-electron chi connectivity index (χ3n) is 3.28. The molecular formula is C17H22N4O2. The van der Waals surface area contributed by atoms with Crippen LogP contribution < -0.4 is 16.7 Å². The van der Waals surface area contributed by atoms with Gasteiger partial charge in [0, 0.05) is 17.3 Å². The highest BCUT2D eigenvalue weighted by Gasteiger charge is 2.21. The molecule has 1 aromatic heterocycles. The molecule has 0 aliphatic heterocycles. The molecule has 0 spiro atoms. The van der Waals surface area contributed by atoms with Crippen LogP contribution in [0, 0.1) is 0 Å². The fourth-order valence-electron chi connectivity index (χ4n) is 2.39.